The van der Waals surface area contributed by atoms with Crippen molar-refractivity contribution in [3.63, 3.8) is 0 Å². The summed E-state index contributed by atoms with van der Waals surface area (Å²) in [5.41, 5.74) is 3.88. The van der Waals surface area contributed by atoms with Crippen LogP contribution in [0.25, 0.3) is 5.69 Å². The summed E-state index contributed by atoms with van der Waals surface area (Å²) in [4.78, 5) is 12.0. The minimum atomic E-state index is -0.304. The Morgan fingerprint density at radius 3 is 2.65 bits per heavy atom. The van der Waals surface area contributed by atoms with Crippen LogP contribution < -0.4 is 10.6 Å². The number of rotatable bonds is 2. The standard InChI is InChI=1S/C15H18N4O/c1-10-13(14-15(20)17-9-8-16-14)11(2)19(18-10)12-6-4-3-5-7-12/h3-7,14,16H,8-9H2,1-2H3,(H,17,20). The predicted molar refractivity (Wildman–Crippen MR) is 76.8 cm³/mol. The lowest BCUT2D eigenvalue weighted by Crippen LogP contribution is -2.47. The average Bonchev–Trinajstić information content (AvgIpc) is 2.76. The molecule has 1 aliphatic rings. The third kappa shape index (κ3) is 2.10. The Labute approximate surface area is 118 Å². The smallest absolute Gasteiger partial charge is 0.241 e. The van der Waals surface area contributed by atoms with Crippen molar-refractivity contribution in [2.45, 2.75) is 19.9 Å². The van der Waals surface area contributed by atoms with E-state index in [1.54, 1.807) is 0 Å². The lowest BCUT2D eigenvalue weighted by Gasteiger charge is -2.24. The topological polar surface area (TPSA) is 59.0 Å². The highest BCUT2D eigenvalue weighted by Gasteiger charge is 2.29. The zero-order valence-corrected chi connectivity index (χ0v) is 11.7. The number of hydrogen-bond donors (Lipinski definition) is 2. The van der Waals surface area contributed by atoms with Crippen LogP contribution in [0.1, 0.15) is 23.0 Å². The van der Waals surface area contributed by atoms with Crippen LogP contribution >= 0.6 is 0 Å². The van der Waals surface area contributed by atoms with Gasteiger partial charge in [-0.2, -0.15) is 5.10 Å². The number of amides is 1. The number of nitrogens with zero attached hydrogens (tertiary/aromatic N) is 2. The summed E-state index contributed by atoms with van der Waals surface area (Å²) in [6.45, 7) is 5.42. The first-order valence-electron chi connectivity index (χ1n) is 6.81. The third-order valence-corrected chi connectivity index (χ3v) is 3.67. The summed E-state index contributed by atoms with van der Waals surface area (Å²) >= 11 is 0. The van der Waals surface area contributed by atoms with E-state index in [1.807, 2.05) is 48.9 Å². The quantitative estimate of drug-likeness (QED) is 0.863. The molecule has 0 spiro atoms. The molecule has 1 aliphatic heterocycles. The molecule has 20 heavy (non-hydrogen) atoms. The molecule has 0 bridgehead atoms. The fourth-order valence-electron chi connectivity index (χ4n) is 2.72. The van der Waals surface area contributed by atoms with Crippen LogP contribution in [0.5, 0.6) is 0 Å². The van der Waals surface area contributed by atoms with Crippen molar-refractivity contribution in [2.24, 2.45) is 0 Å². The van der Waals surface area contributed by atoms with E-state index in [0.29, 0.717) is 6.54 Å². The number of aryl methyl sites for hydroxylation is 1. The van der Waals surface area contributed by atoms with Crippen molar-refractivity contribution in [1.82, 2.24) is 20.4 Å². The van der Waals surface area contributed by atoms with Crippen LogP contribution in [-0.2, 0) is 4.79 Å². The van der Waals surface area contributed by atoms with Crippen LogP contribution in [0.3, 0.4) is 0 Å². The highest BCUT2D eigenvalue weighted by Crippen LogP contribution is 2.25. The highest BCUT2D eigenvalue weighted by atomic mass is 16.2. The van der Waals surface area contributed by atoms with Crippen LogP contribution in [0, 0.1) is 13.8 Å². The van der Waals surface area contributed by atoms with Gasteiger partial charge in [0.05, 0.1) is 11.4 Å². The average molecular weight is 270 g/mol. The van der Waals surface area contributed by atoms with Gasteiger partial charge in [-0.15, -0.1) is 0 Å². The minimum absolute atomic E-state index is 0.0232. The van der Waals surface area contributed by atoms with Gasteiger partial charge in [0.2, 0.25) is 5.91 Å². The Bertz CT molecular complexity index is 633. The Hall–Kier alpha value is -2.14. The summed E-state index contributed by atoms with van der Waals surface area (Å²) in [5, 5.41) is 10.7. The van der Waals surface area contributed by atoms with Crippen LogP contribution in [0.4, 0.5) is 0 Å². The Kier molecular flexibility index (Phi) is 3.28. The molecule has 1 aromatic heterocycles. The Morgan fingerprint density at radius 1 is 1.20 bits per heavy atom. The van der Waals surface area contributed by atoms with E-state index in [-0.39, 0.29) is 11.9 Å². The summed E-state index contributed by atoms with van der Waals surface area (Å²) in [7, 11) is 0. The molecule has 2 aromatic rings. The number of para-hydroxylation sites is 1. The van der Waals surface area contributed by atoms with Gasteiger partial charge in [0.15, 0.2) is 0 Å². The molecule has 0 aliphatic carbocycles. The van der Waals surface area contributed by atoms with Crippen LogP contribution in [0.15, 0.2) is 30.3 Å². The zero-order chi connectivity index (χ0) is 14.1. The maximum Gasteiger partial charge on any atom is 0.241 e. The Balaban J connectivity index is 2.05. The SMILES string of the molecule is Cc1nn(-c2ccccc2)c(C)c1C1NCCNC1=O. The van der Waals surface area contributed by atoms with E-state index in [1.165, 1.54) is 0 Å². The molecule has 1 atom stereocenters. The largest absolute Gasteiger partial charge is 0.353 e. The third-order valence-electron chi connectivity index (χ3n) is 3.67. The molecule has 0 saturated carbocycles. The molecule has 5 heteroatoms. The zero-order valence-electron chi connectivity index (χ0n) is 11.7. The van der Waals surface area contributed by atoms with Gasteiger partial charge >= 0.3 is 0 Å². The first-order valence-corrected chi connectivity index (χ1v) is 6.81. The molecule has 1 unspecified atom stereocenters. The van der Waals surface area contributed by atoms with Gasteiger partial charge in [-0.25, -0.2) is 4.68 Å². The van der Waals surface area contributed by atoms with E-state index in [4.69, 9.17) is 0 Å². The minimum Gasteiger partial charge on any atom is -0.353 e. The van der Waals surface area contributed by atoms with E-state index in [9.17, 15) is 4.79 Å². The van der Waals surface area contributed by atoms with Gasteiger partial charge < -0.3 is 10.6 Å². The van der Waals surface area contributed by atoms with Crippen molar-refractivity contribution < 1.29 is 4.79 Å². The summed E-state index contributed by atoms with van der Waals surface area (Å²) in [6, 6.07) is 9.66. The van der Waals surface area contributed by atoms with Crippen molar-refractivity contribution in [3.05, 3.63) is 47.3 Å². The number of nitrogens with one attached hydrogen (secondary N) is 2. The molecule has 104 valence electrons. The normalized spacial score (nSPS) is 18.9. The van der Waals surface area contributed by atoms with Crippen molar-refractivity contribution in [1.29, 1.82) is 0 Å². The van der Waals surface area contributed by atoms with Gasteiger partial charge in [0, 0.05) is 24.3 Å². The monoisotopic (exact) mass is 270 g/mol. The molecule has 2 N–H and O–H groups in total. The van der Waals surface area contributed by atoms with Gasteiger partial charge in [-0.3, -0.25) is 4.79 Å². The number of benzene rings is 1. The Morgan fingerprint density at radius 2 is 1.95 bits per heavy atom. The summed E-state index contributed by atoms with van der Waals surface area (Å²) in [6.07, 6.45) is 0. The molecule has 2 heterocycles. The fraction of sp³-hybridized carbons (Fsp3) is 0.333. The van der Waals surface area contributed by atoms with Gasteiger partial charge in [-0.1, -0.05) is 18.2 Å². The van der Waals surface area contributed by atoms with Crippen LogP contribution in [0.2, 0.25) is 0 Å². The first kappa shape index (κ1) is 12.9. The van der Waals surface area contributed by atoms with Crippen molar-refractivity contribution >= 4 is 5.91 Å². The summed E-state index contributed by atoms with van der Waals surface area (Å²) < 4.78 is 1.90. The van der Waals surface area contributed by atoms with Crippen molar-refractivity contribution in [2.75, 3.05) is 13.1 Å². The first-order chi connectivity index (χ1) is 9.68. The molecule has 1 saturated heterocycles. The second-order valence-corrected chi connectivity index (χ2v) is 5.01. The second kappa shape index (κ2) is 5.09. The maximum absolute atomic E-state index is 12.0. The fourth-order valence-corrected chi connectivity index (χ4v) is 2.72. The van der Waals surface area contributed by atoms with Gasteiger partial charge in [0.25, 0.3) is 0 Å². The number of carbonyl (C=O) groups is 1. The molecular formula is C15H18N4O. The molecular weight excluding hydrogens is 252 g/mol. The highest BCUT2D eigenvalue weighted by molar-refractivity contribution is 5.84. The molecule has 1 fully saturated rings. The second-order valence-electron chi connectivity index (χ2n) is 5.01. The van der Waals surface area contributed by atoms with E-state index < -0.39 is 0 Å². The molecule has 1 amide bonds. The number of carbonyl (C=O) groups excluding carboxylic acids is 1. The van der Waals surface area contributed by atoms with Gasteiger partial charge in [-0.05, 0) is 26.0 Å². The molecule has 3 rings (SSSR count). The number of piperazine rings is 1. The van der Waals surface area contributed by atoms with E-state index in [0.717, 1.165) is 29.2 Å². The predicted octanol–water partition coefficient (Wildman–Crippen LogP) is 1.25. The van der Waals surface area contributed by atoms with Crippen LogP contribution in [-0.4, -0.2) is 28.8 Å². The molecule has 1 aromatic carbocycles. The lowest BCUT2D eigenvalue weighted by atomic mass is 10.0. The summed E-state index contributed by atoms with van der Waals surface area (Å²) in [5.74, 6) is 0.0232. The number of aromatic nitrogens is 2. The van der Waals surface area contributed by atoms with E-state index in [2.05, 4.69) is 15.7 Å². The molecule has 0 radical (unpaired) electrons. The van der Waals surface area contributed by atoms with E-state index >= 15 is 0 Å². The number of hydrogen-bond acceptors (Lipinski definition) is 3. The van der Waals surface area contributed by atoms with Crippen molar-refractivity contribution in [3.8, 4) is 5.69 Å². The van der Waals surface area contributed by atoms with Gasteiger partial charge in [0.1, 0.15) is 6.04 Å². The maximum atomic E-state index is 12.0. The lowest BCUT2D eigenvalue weighted by molar-refractivity contribution is -0.124. The molecule has 5 nitrogen and oxygen atoms in total.